The van der Waals surface area contributed by atoms with Gasteiger partial charge in [0.25, 0.3) is 0 Å². The lowest BCUT2D eigenvalue weighted by Crippen LogP contribution is -2.17. The first kappa shape index (κ1) is 37.2. The molecule has 0 aromatic heterocycles. The van der Waals surface area contributed by atoms with Gasteiger partial charge in [-0.15, -0.1) is 11.1 Å². The molecular formula is C44H38O6Si2. The molecule has 8 heteroatoms. The van der Waals surface area contributed by atoms with E-state index in [4.69, 9.17) is 9.47 Å². The average molecular weight is 719 g/mol. The first-order chi connectivity index (χ1) is 24.6. The summed E-state index contributed by atoms with van der Waals surface area (Å²) in [7, 11) is -2.96. The number of ketones is 4. The molecule has 5 aromatic rings. The van der Waals surface area contributed by atoms with Crippen LogP contribution >= 0.6 is 0 Å². The highest BCUT2D eigenvalue weighted by Crippen LogP contribution is 2.25. The lowest BCUT2D eigenvalue weighted by atomic mass is 9.96. The van der Waals surface area contributed by atoms with Gasteiger partial charge in [-0.25, -0.2) is 0 Å². The Labute approximate surface area is 306 Å². The smallest absolute Gasteiger partial charge is 0.233 e. The number of ether oxygens (including phenoxy) is 2. The number of hydrogen-bond donors (Lipinski definition) is 0. The molecular weight excluding hydrogens is 681 g/mol. The Hall–Kier alpha value is -6.07. The Balaban J connectivity index is 1.19. The molecule has 0 aliphatic heterocycles. The predicted octanol–water partition coefficient (Wildman–Crippen LogP) is 9.86. The average Bonchev–Trinajstić information content (AvgIpc) is 3.13. The molecule has 52 heavy (non-hydrogen) atoms. The summed E-state index contributed by atoms with van der Waals surface area (Å²) < 4.78 is 11.8. The molecule has 0 saturated carbocycles. The summed E-state index contributed by atoms with van der Waals surface area (Å²) in [5.74, 6) is 5.50. The van der Waals surface area contributed by atoms with Crippen molar-refractivity contribution in [1.29, 1.82) is 0 Å². The van der Waals surface area contributed by atoms with Gasteiger partial charge in [-0.3, -0.25) is 19.2 Å². The maximum Gasteiger partial charge on any atom is 0.233 e. The van der Waals surface area contributed by atoms with Crippen LogP contribution in [-0.2, 0) is 0 Å². The summed E-state index contributed by atoms with van der Waals surface area (Å²) in [5.41, 5.74) is 8.81. The molecule has 0 aliphatic carbocycles. The van der Waals surface area contributed by atoms with Crippen molar-refractivity contribution in [2.24, 2.45) is 0 Å². The first-order valence-electron chi connectivity index (χ1n) is 16.7. The van der Waals surface area contributed by atoms with Crippen LogP contribution in [0.2, 0.25) is 39.3 Å². The molecule has 0 aliphatic rings. The van der Waals surface area contributed by atoms with Crippen LogP contribution in [0.15, 0.2) is 121 Å². The largest absolute Gasteiger partial charge is 0.457 e. The second-order valence-electron chi connectivity index (χ2n) is 14.2. The van der Waals surface area contributed by atoms with Crippen LogP contribution in [0.25, 0.3) is 0 Å². The SMILES string of the molecule is C[Si](C)(C)C#Cc1ccc(Oc2ccc(C(=O)C(=O)c3cccc(C(=O)C(=O)c4ccc(Oc5ccc(C#C[Si](C)(C)C)cc5)cc4)c3)cc2)cc1. The van der Waals surface area contributed by atoms with E-state index in [-0.39, 0.29) is 22.3 Å². The topological polar surface area (TPSA) is 86.7 Å². The van der Waals surface area contributed by atoms with Crippen LogP contribution in [-0.4, -0.2) is 39.3 Å². The third-order valence-corrected chi connectivity index (χ3v) is 9.13. The van der Waals surface area contributed by atoms with E-state index in [1.165, 1.54) is 48.5 Å². The molecule has 0 saturated heterocycles. The van der Waals surface area contributed by atoms with Crippen molar-refractivity contribution >= 4 is 39.3 Å². The van der Waals surface area contributed by atoms with Crippen LogP contribution < -0.4 is 9.47 Å². The lowest BCUT2D eigenvalue weighted by Gasteiger charge is -2.08. The normalized spacial score (nSPS) is 10.9. The molecule has 0 heterocycles. The molecule has 0 atom stereocenters. The Morgan fingerprint density at radius 1 is 0.404 bits per heavy atom. The highest BCUT2D eigenvalue weighted by molar-refractivity contribution is 6.84. The first-order valence-corrected chi connectivity index (χ1v) is 23.7. The van der Waals surface area contributed by atoms with E-state index in [1.807, 2.05) is 48.5 Å². The molecule has 0 spiro atoms. The monoisotopic (exact) mass is 718 g/mol. The van der Waals surface area contributed by atoms with E-state index in [0.29, 0.717) is 23.0 Å². The van der Waals surface area contributed by atoms with Gasteiger partial charge in [-0.05, 0) is 103 Å². The van der Waals surface area contributed by atoms with E-state index in [1.54, 1.807) is 24.3 Å². The number of Topliss-reactive ketones (excluding diaryl/α,β-unsaturated/α-hetero) is 4. The zero-order valence-electron chi connectivity index (χ0n) is 30.0. The van der Waals surface area contributed by atoms with Crippen molar-refractivity contribution in [1.82, 2.24) is 0 Å². The minimum Gasteiger partial charge on any atom is -0.457 e. The highest BCUT2D eigenvalue weighted by atomic mass is 28.3. The molecule has 0 bridgehead atoms. The van der Waals surface area contributed by atoms with Crippen molar-refractivity contribution < 1.29 is 28.7 Å². The maximum atomic E-state index is 13.2. The van der Waals surface area contributed by atoms with Crippen molar-refractivity contribution in [2.75, 3.05) is 0 Å². The van der Waals surface area contributed by atoms with Crippen LogP contribution in [0.4, 0.5) is 0 Å². The van der Waals surface area contributed by atoms with Crippen molar-refractivity contribution in [2.45, 2.75) is 39.3 Å². The molecule has 0 radical (unpaired) electrons. The number of carbonyl (C=O) groups excluding carboxylic acids is 4. The summed E-state index contributed by atoms with van der Waals surface area (Å²) in [6.45, 7) is 13.1. The van der Waals surface area contributed by atoms with Gasteiger partial charge < -0.3 is 9.47 Å². The van der Waals surface area contributed by atoms with Gasteiger partial charge in [-0.1, -0.05) is 69.3 Å². The molecule has 5 rings (SSSR count). The Kier molecular flexibility index (Phi) is 11.3. The van der Waals surface area contributed by atoms with Crippen LogP contribution in [0.1, 0.15) is 52.6 Å². The van der Waals surface area contributed by atoms with Crippen molar-refractivity contribution in [3.63, 3.8) is 0 Å². The van der Waals surface area contributed by atoms with E-state index >= 15 is 0 Å². The fraction of sp³-hybridized carbons (Fsp3) is 0.136. The van der Waals surface area contributed by atoms with Gasteiger partial charge >= 0.3 is 0 Å². The third-order valence-electron chi connectivity index (χ3n) is 7.38. The molecule has 6 nitrogen and oxygen atoms in total. The Bertz CT molecular complexity index is 2090. The van der Waals surface area contributed by atoms with Gasteiger partial charge in [0.2, 0.25) is 23.1 Å². The number of rotatable bonds is 10. The predicted molar refractivity (Wildman–Crippen MR) is 210 cm³/mol. The summed E-state index contributed by atoms with van der Waals surface area (Å²) in [6.07, 6.45) is 0. The summed E-state index contributed by atoms with van der Waals surface area (Å²) in [6, 6.07) is 33.0. The van der Waals surface area contributed by atoms with Crippen LogP contribution in [0.5, 0.6) is 23.0 Å². The zero-order valence-corrected chi connectivity index (χ0v) is 32.0. The molecule has 258 valence electrons. The lowest BCUT2D eigenvalue weighted by molar-refractivity contribution is 0.0812. The van der Waals surface area contributed by atoms with Gasteiger partial charge in [0.1, 0.15) is 39.1 Å². The second kappa shape index (κ2) is 15.9. The standard InChI is InChI=1S/C44H38O6Si2/c1-51(2,3)28-26-31-10-18-37(19-11-31)49-39-22-14-33(15-23-39)41(45)43(47)35-8-7-9-36(30-35)44(48)42(46)34-16-24-40(25-17-34)50-38-20-12-32(13-21-38)27-29-52(4,5)6/h7-25,30H,1-6H3. The van der Waals surface area contributed by atoms with Crippen molar-refractivity contribution in [3.05, 3.63) is 155 Å². The Morgan fingerprint density at radius 2 is 0.692 bits per heavy atom. The molecule has 5 aromatic carbocycles. The van der Waals surface area contributed by atoms with Gasteiger partial charge in [0.15, 0.2) is 0 Å². The third kappa shape index (κ3) is 10.5. The molecule has 0 amide bonds. The van der Waals surface area contributed by atoms with Gasteiger partial charge in [-0.2, -0.15) is 0 Å². The van der Waals surface area contributed by atoms with E-state index in [0.717, 1.165) is 11.1 Å². The molecule has 0 unspecified atom stereocenters. The van der Waals surface area contributed by atoms with E-state index < -0.39 is 39.3 Å². The number of carbonyl (C=O) groups is 4. The van der Waals surface area contributed by atoms with Crippen LogP contribution in [0, 0.1) is 22.9 Å². The second-order valence-corrected chi connectivity index (χ2v) is 23.7. The zero-order chi connectivity index (χ0) is 37.5. The Morgan fingerprint density at radius 3 is 1.00 bits per heavy atom. The highest BCUT2D eigenvalue weighted by Gasteiger charge is 2.23. The molecule has 0 fully saturated rings. The fourth-order valence-electron chi connectivity index (χ4n) is 4.68. The molecule has 0 N–H and O–H groups in total. The quantitative estimate of drug-likeness (QED) is 0.0619. The van der Waals surface area contributed by atoms with Gasteiger partial charge in [0.05, 0.1) is 0 Å². The minimum absolute atomic E-state index is 0.00234. The fourth-order valence-corrected chi connectivity index (χ4v) is 5.72. The minimum atomic E-state index is -1.48. The maximum absolute atomic E-state index is 13.2. The summed E-state index contributed by atoms with van der Waals surface area (Å²) in [4.78, 5) is 52.5. The summed E-state index contributed by atoms with van der Waals surface area (Å²) in [5, 5.41) is 0. The van der Waals surface area contributed by atoms with Crippen molar-refractivity contribution in [3.8, 4) is 45.9 Å². The number of hydrogen-bond acceptors (Lipinski definition) is 6. The van der Waals surface area contributed by atoms with E-state index in [2.05, 4.69) is 62.2 Å². The van der Waals surface area contributed by atoms with Gasteiger partial charge in [0, 0.05) is 33.4 Å². The summed E-state index contributed by atoms with van der Waals surface area (Å²) >= 11 is 0. The van der Waals surface area contributed by atoms with E-state index in [9.17, 15) is 19.2 Å². The number of benzene rings is 5. The van der Waals surface area contributed by atoms with Crippen LogP contribution in [0.3, 0.4) is 0 Å².